The molecule has 0 radical (unpaired) electrons. The molecule has 5 nitrogen and oxygen atoms in total. The van der Waals surface area contributed by atoms with Crippen LogP contribution in [0.2, 0.25) is 0 Å². The van der Waals surface area contributed by atoms with Crippen LogP contribution in [0.15, 0.2) is 30.3 Å². The minimum Gasteiger partial charge on any atom is -0.322 e. The zero-order valence-corrected chi connectivity index (χ0v) is 9.09. The molecule has 0 fully saturated rings. The molecule has 2 amide bonds. The van der Waals surface area contributed by atoms with Gasteiger partial charge in [-0.2, -0.15) is 0 Å². The van der Waals surface area contributed by atoms with Crippen LogP contribution in [0.1, 0.15) is 6.92 Å². The Morgan fingerprint density at radius 3 is 2.31 bits per heavy atom. The van der Waals surface area contributed by atoms with Crippen LogP contribution in [0.3, 0.4) is 0 Å². The number of imide groups is 1. The molecule has 0 spiro atoms. The van der Waals surface area contributed by atoms with E-state index in [-0.39, 0.29) is 6.54 Å². The molecule has 0 aromatic heterocycles. The second-order valence-corrected chi connectivity index (χ2v) is 3.40. The Morgan fingerprint density at radius 2 is 1.88 bits per heavy atom. The molecule has 4 N–H and O–H groups in total. The first-order chi connectivity index (χ1) is 7.57. The first-order valence-electron chi connectivity index (χ1n) is 4.95. The normalized spacial score (nSPS) is 11.9. The summed E-state index contributed by atoms with van der Waals surface area (Å²) >= 11 is 0. The molecule has 0 saturated heterocycles. The Morgan fingerprint density at radius 1 is 1.31 bits per heavy atom. The Kier molecular flexibility index (Phi) is 4.16. The number of nitrogens with two attached hydrogens (primary N) is 2. The van der Waals surface area contributed by atoms with E-state index in [9.17, 15) is 9.59 Å². The van der Waals surface area contributed by atoms with E-state index < -0.39 is 17.9 Å². The van der Waals surface area contributed by atoms with Gasteiger partial charge in [0.2, 0.25) is 11.8 Å². The standard InChI is InChI=1S/C11H15N3O2/c1-8(13)11(16)14(10(15)7-12)9-5-3-2-4-6-9/h2-6,8H,7,12-13H2,1H3/t8-/m1/s1. The molecule has 0 aliphatic carbocycles. The van der Waals surface area contributed by atoms with Gasteiger partial charge in [-0.3, -0.25) is 9.59 Å². The number of para-hydroxylation sites is 1. The summed E-state index contributed by atoms with van der Waals surface area (Å²) in [6.07, 6.45) is 0. The summed E-state index contributed by atoms with van der Waals surface area (Å²) in [7, 11) is 0. The summed E-state index contributed by atoms with van der Waals surface area (Å²) in [6.45, 7) is 1.30. The summed E-state index contributed by atoms with van der Waals surface area (Å²) in [4.78, 5) is 24.4. The van der Waals surface area contributed by atoms with E-state index >= 15 is 0 Å². The van der Waals surface area contributed by atoms with E-state index in [1.54, 1.807) is 30.3 Å². The number of amides is 2. The zero-order valence-electron chi connectivity index (χ0n) is 9.09. The zero-order chi connectivity index (χ0) is 12.1. The molecule has 0 saturated carbocycles. The summed E-state index contributed by atoms with van der Waals surface area (Å²) < 4.78 is 0. The van der Waals surface area contributed by atoms with Crippen LogP contribution in [0.25, 0.3) is 0 Å². The van der Waals surface area contributed by atoms with Crippen LogP contribution in [-0.2, 0) is 9.59 Å². The lowest BCUT2D eigenvalue weighted by atomic mass is 10.2. The van der Waals surface area contributed by atoms with Crippen molar-refractivity contribution >= 4 is 17.5 Å². The lowest BCUT2D eigenvalue weighted by Crippen LogP contribution is -2.48. The predicted octanol–water partition coefficient (Wildman–Crippen LogP) is -0.148. The van der Waals surface area contributed by atoms with Crippen molar-refractivity contribution in [3.63, 3.8) is 0 Å². The fourth-order valence-electron chi connectivity index (χ4n) is 1.27. The third kappa shape index (κ3) is 2.65. The molecule has 0 aliphatic heterocycles. The maximum atomic E-state index is 11.8. The van der Waals surface area contributed by atoms with Gasteiger partial charge >= 0.3 is 0 Å². The number of benzene rings is 1. The van der Waals surface area contributed by atoms with E-state index in [0.29, 0.717) is 5.69 Å². The minimum absolute atomic E-state index is 0.229. The number of anilines is 1. The second-order valence-electron chi connectivity index (χ2n) is 3.40. The number of carbonyl (C=O) groups excluding carboxylic acids is 2. The number of rotatable bonds is 3. The van der Waals surface area contributed by atoms with Gasteiger partial charge in [-0.15, -0.1) is 0 Å². The molecule has 0 bridgehead atoms. The molecule has 1 rings (SSSR count). The molecule has 86 valence electrons. The van der Waals surface area contributed by atoms with Crippen LogP contribution in [0.4, 0.5) is 5.69 Å². The molecule has 1 aromatic rings. The molecule has 0 aliphatic rings. The average molecular weight is 221 g/mol. The van der Waals surface area contributed by atoms with Crippen molar-refractivity contribution in [2.75, 3.05) is 11.4 Å². The van der Waals surface area contributed by atoms with Gasteiger partial charge in [-0.25, -0.2) is 4.90 Å². The molecule has 5 heteroatoms. The van der Waals surface area contributed by atoms with Gasteiger partial charge in [0.1, 0.15) is 0 Å². The van der Waals surface area contributed by atoms with Gasteiger partial charge < -0.3 is 11.5 Å². The van der Waals surface area contributed by atoms with Crippen molar-refractivity contribution in [1.82, 2.24) is 0 Å². The van der Waals surface area contributed by atoms with Crippen LogP contribution in [-0.4, -0.2) is 24.4 Å². The molecule has 16 heavy (non-hydrogen) atoms. The highest BCUT2D eigenvalue weighted by atomic mass is 16.2. The number of hydrogen-bond acceptors (Lipinski definition) is 4. The molecule has 0 heterocycles. The maximum Gasteiger partial charge on any atom is 0.250 e. The number of carbonyl (C=O) groups is 2. The first kappa shape index (κ1) is 12.4. The summed E-state index contributed by atoms with van der Waals surface area (Å²) in [5.41, 5.74) is 11.2. The summed E-state index contributed by atoms with van der Waals surface area (Å²) in [5, 5.41) is 0. The van der Waals surface area contributed by atoms with E-state index in [1.807, 2.05) is 0 Å². The third-order valence-corrected chi connectivity index (χ3v) is 2.05. The number of hydrogen-bond donors (Lipinski definition) is 2. The quantitative estimate of drug-likeness (QED) is 0.743. The topological polar surface area (TPSA) is 89.4 Å². The van der Waals surface area contributed by atoms with Gasteiger partial charge in [-0.1, -0.05) is 18.2 Å². The van der Waals surface area contributed by atoms with Crippen molar-refractivity contribution in [3.05, 3.63) is 30.3 Å². The van der Waals surface area contributed by atoms with Gasteiger partial charge in [0.25, 0.3) is 0 Å². The van der Waals surface area contributed by atoms with Gasteiger partial charge in [0.05, 0.1) is 18.3 Å². The molecule has 1 atom stereocenters. The Bertz CT molecular complexity index is 376. The lowest BCUT2D eigenvalue weighted by Gasteiger charge is -2.21. The number of nitrogens with zero attached hydrogens (tertiary/aromatic N) is 1. The fourth-order valence-corrected chi connectivity index (χ4v) is 1.27. The van der Waals surface area contributed by atoms with Crippen molar-refractivity contribution in [2.24, 2.45) is 11.5 Å². The van der Waals surface area contributed by atoms with E-state index in [4.69, 9.17) is 11.5 Å². The molecular weight excluding hydrogens is 206 g/mol. The summed E-state index contributed by atoms with van der Waals surface area (Å²) in [6, 6.07) is 7.85. The first-order valence-corrected chi connectivity index (χ1v) is 4.95. The largest absolute Gasteiger partial charge is 0.322 e. The molecule has 1 aromatic carbocycles. The minimum atomic E-state index is -0.740. The van der Waals surface area contributed by atoms with Crippen molar-refractivity contribution in [1.29, 1.82) is 0 Å². The second kappa shape index (κ2) is 5.39. The predicted molar refractivity (Wildman–Crippen MR) is 61.6 cm³/mol. The highest BCUT2D eigenvalue weighted by Crippen LogP contribution is 2.14. The van der Waals surface area contributed by atoms with Gasteiger partial charge in [0.15, 0.2) is 0 Å². The van der Waals surface area contributed by atoms with Crippen molar-refractivity contribution in [2.45, 2.75) is 13.0 Å². The average Bonchev–Trinajstić information content (AvgIpc) is 2.30. The Hall–Kier alpha value is -1.72. The third-order valence-electron chi connectivity index (χ3n) is 2.05. The van der Waals surface area contributed by atoms with Crippen LogP contribution < -0.4 is 16.4 Å². The lowest BCUT2D eigenvalue weighted by molar-refractivity contribution is -0.126. The highest BCUT2D eigenvalue weighted by molar-refractivity contribution is 6.16. The van der Waals surface area contributed by atoms with Crippen LogP contribution in [0.5, 0.6) is 0 Å². The highest BCUT2D eigenvalue weighted by Gasteiger charge is 2.24. The smallest absolute Gasteiger partial charge is 0.250 e. The molecule has 0 unspecified atom stereocenters. The Balaban J connectivity index is 3.07. The maximum absolute atomic E-state index is 11.8. The van der Waals surface area contributed by atoms with Gasteiger partial charge in [0, 0.05) is 0 Å². The monoisotopic (exact) mass is 221 g/mol. The van der Waals surface area contributed by atoms with Crippen LogP contribution >= 0.6 is 0 Å². The van der Waals surface area contributed by atoms with Gasteiger partial charge in [-0.05, 0) is 19.1 Å². The van der Waals surface area contributed by atoms with E-state index in [1.165, 1.54) is 6.92 Å². The van der Waals surface area contributed by atoms with E-state index in [2.05, 4.69) is 0 Å². The van der Waals surface area contributed by atoms with E-state index in [0.717, 1.165) is 4.90 Å². The Labute approximate surface area is 94.0 Å². The van der Waals surface area contributed by atoms with Crippen molar-refractivity contribution in [3.8, 4) is 0 Å². The SMILES string of the molecule is C[C@@H](N)C(=O)N(C(=O)CN)c1ccccc1. The fraction of sp³-hybridized carbons (Fsp3) is 0.273. The van der Waals surface area contributed by atoms with Crippen LogP contribution in [0, 0.1) is 0 Å². The summed E-state index contributed by atoms with van der Waals surface area (Å²) in [5.74, 6) is -0.921. The van der Waals surface area contributed by atoms with Crippen molar-refractivity contribution < 1.29 is 9.59 Å². The molecular formula is C11H15N3O2.